The lowest BCUT2D eigenvalue weighted by Crippen LogP contribution is -2.49. The summed E-state index contributed by atoms with van der Waals surface area (Å²) in [6.07, 6.45) is 0. The molecule has 0 atom stereocenters. The van der Waals surface area contributed by atoms with Crippen molar-refractivity contribution in [3.8, 4) is 5.75 Å². The summed E-state index contributed by atoms with van der Waals surface area (Å²) in [4.78, 5) is 34.5. The molecule has 1 aromatic carbocycles. The van der Waals surface area contributed by atoms with Gasteiger partial charge in [0.1, 0.15) is 5.75 Å². The fourth-order valence-electron chi connectivity index (χ4n) is 1.38. The molecule has 0 aromatic heterocycles. The van der Waals surface area contributed by atoms with Crippen LogP contribution < -0.4 is 10.6 Å². The zero-order chi connectivity index (χ0) is 16.0. The minimum absolute atomic E-state index is 0.0848. The summed E-state index contributed by atoms with van der Waals surface area (Å²) in [6, 6.07) is 4.86. The first kappa shape index (κ1) is 16.5. The standard InChI is InChI=1S/C14H18N2O5/c1-14(2,3)16-13(20)15-11(18)8-21-12(19)9-5-4-6-10(17)7-9/h4-7,17H,8H2,1-3H3,(H2,15,16,18,20). The van der Waals surface area contributed by atoms with Gasteiger partial charge in [0, 0.05) is 5.54 Å². The average Bonchev–Trinajstić information content (AvgIpc) is 2.33. The molecule has 0 saturated carbocycles. The number of imide groups is 1. The van der Waals surface area contributed by atoms with Crippen molar-refractivity contribution in [1.29, 1.82) is 0 Å². The molecule has 0 aliphatic heterocycles. The van der Waals surface area contributed by atoms with Gasteiger partial charge in [0.25, 0.3) is 5.91 Å². The maximum atomic E-state index is 11.6. The van der Waals surface area contributed by atoms with Crippen molar-refractivity contribution in [1.82, 2.24) is 10.6 Å². The highest BCUT2D eigenvalue weighted by Gasteiger charge is 2.17. The second kappa shape index (κ2) is 6.74. The van der Waals surface area contributed by atoms with Crippen LogP contribution in [-0.4, -0.2) is 35.2 Å². The molecule has 0 unspecified atom stereocenters. The summed E-state index contributed by atoms with van der Waals surface area (Å²) in [5.41, 5.74) is -0.371. The highest BCUT2D eigenvalue weighted by molar-refractivity contribution is 5.97. The van der Waals surface area contributed by atoms with E-state index >= 15 is 0 Å². The van der Waals surface area contributed by atoms with E-state index in [0.717, 1.165) is 0 Å². The molecule has 0 aliphatic carbocycles. The number of esters is 1. The van der Waals surface area contributed by atoms with Crippen LogP contribution in [0.1, 0.15) is 31.1 Å². The van der Waals surface area contributed by atoms with Crippen molar-refractivity contribution < 1.29 is 24.2 Å². The highest BCUT2D eigenvalue weighted by atomic mass is 16.5. The maximum absolute atomic E-state index is 11.6. The van der Waals surface area contributed by atoms with Crippen LogP contribution in [0.4, 0.5) is 4.79 Å². The third-order valence-corrected chi connectivity index (χ3v) is 2.16. The van der Waals surface area contributed by atoms with E-state index in [1.807, 2.05) is 5.32 Å². The number of hydrogen-bond donors (Lipinski definition) is 3. The number of carbonyl (C=O) groups excluding carboxylic acids is 3. The van der Waals surface area contributed by atoms with Gasteiger partial charge in [0.05, 0.1) is 5.56 Å². The number of rotatable bonds is 3. The number of benzene rings is 1. The first-order valence-electron chi connectivity index (χ1n) is 6.25. The third-order valence-electron chi connectivity index (χ3n) is 2.16. The third kappa shape index (κ3) is 6.42. The van der Waals surface area contributed by atoms with E-state index in [2.05, 4.69) is 5.32 Å². The van der Waals surface area contributed by atoms with Crippen molar-refractivity contribution in [3.63, 3.8) is 0 Å². The van der Waals surface area contributed by atoms with E-state index in [4.69, 9.17) is 4.74 Å². The second-order valence-corrected chi connectivity index (χ2v) is 5.38. The minimum atomic E-state index is -0.766. The summed E-state index contributed by atoms with van der Waals surface area (Å²) in [6.45, 7) is 4.70. The first-order chi connectivity index (χ1) is 9.67. The van der Waals surface area contributed by atoms with E-state index in [9.17, 15) is 19.5 Å². The smallest absolute Gasteiger partial charge is 0.338 e. The van der Waals surface area contributed by atoms with Crippen molar-refractivity contribution in [2.45, 2.75) is 26.3 Å². The summed E-state index contributed by atoms with van der Waals surface area (Å²) in [5, 5.41) is 13.8. The Bertz CT molecular complexity index is 549. The molecule has 0 spiro atoms. The predicted octanol–water partition coefficient (Wildman–Crippen LogP) is 1.17. The van der Waals surface area contributed by atoms with Crippen LogP contribution in [0.3, 0.4) is 0 Å². The Morgan fingerprint density at radius 3 is 2.48 bits per heavy atom. The molecule has 0 saturated heterocycles. The van der Waals surface area contributed by atoms with Crippen LogP contribution in [0.5, 0.6) is 5.75 Å². The number of phenolic OH excluding ortho intramolecular Hbond substituents is 1. The molecule has 7 heteroatoms. The fourth-order valence-corrected chi connectivity index (χ4v) is 1.38. The lowest BCUT2D eigenvalue weighted by atomic mass is 10.1. The molecule has 0 heterocycles. The van der Waals surface area contributed by atoms with E-state index in [0.29, 0.717) is 0 Å². The van der Waals surface area contributed by atoms with Gasteiger partial charge in [0.15, 0.2) is 6.61 Å². The molecule has 0 fully saturated rings. The lowest BCUT2D eigenvalue weighted by molar-refractivity contribution is -0.123. The maximum Gasteiger partial charge on any atom is 0.338 e. The zero-order valence-electron chi connectivity index (χ0n) is 12.1. The van der Waals surface area contributed by atoms with Gasteiger partial charge < -0.3 is 15.2 Å². The molecule has 7 nitrogen and oxygen atoms in total. The lowest BCUT2D eigenvalue weighted by Gasteiger charge is -2.20. The summed E-state index contributed by atoms with van der Waals surface area (Å²) in [7, 11) is 0. The Morgan fingerprint density at radius 1 is 1.24 bits per heavy atom. The van der Waals surface area contributed by atoms with Gasteiger partial charge in [-0.1, -0.05) is 6.07 Å². The molecular weight excluding hydrogens is 276 g/mol. The van der Waals surface area contributed by atoms with E-state index in [1.54, 1.807) is 20.8 Å². The second-order valence-electron chi connectivity index (χ2n) is 5.38. The van der Waals surface area contributed by atoms with Crippen molar-refractivity contribution in [2.24, 2.45) is 0 Å². The van der Waals surface area contributed by atoms with Gasteiger partial charge in [-0.25, -0.2) is 9.59 Å². The molecule has 1 aromatic rings. The molecule has 3 N–H and O–H groups in total. The van der Waals surface area contributed by atoms with Crippen molar-refractivity contribution in [3.05, 3.63) is 29.8 Å². The van der Waals surface area contributed by atoms with Gasteiger partial charge in [-0.15, -0.1) is 0 Å². The number of hydrogen-bond acceptors (Lipinski definition) is 5. The highest BCUT2D eigenvalue weighted by Crippen LogP contribution is 2.11. The molecule has 3 amide bonds. The number of urea groups is 1. The van der Waals surface area contributed by atoms with Gasteiger partial charge >= 0.3 is 12.0 Å². The van der Waals surface area contributed by atoms with E-state index < -0.39 is 30.1 Å². The zero-order valence-corrected chi connectivity index (χ0v) is 12.1. The Labute approximate surface area is 122 Å². The SMILES string of the molecule is CC(C)(C)NC(=O)NC(=O)COC(=O)c1cccc(O)c1. The minimum Gasteiger partial charge on any atom is -0.508 e. The normalized spacial score (nSPS) is 10.6. The average molecular weight is 294 g/mol. The van der Waals surface area contributed by atoms with Crippen LogP contribution >= 0.6 is 0 Å². The number of aromatic hydroxyl groups is 1. The Morgan fingerprint density at radius 2 is 1.90 bits per heavy atom. The fraction of sp³-hybridized carbons (Fsp3) is 0.357. The van der Waals surface area contributed by atoms with Crippen LogP contribution in [0.2, 0.25) is 0 Å². The van der Waals surface area contributed by atoms with Gasteiger partial charge in [0.2, 0.25) is 0 Å². The predicted molar refractivity (Wildman–Crippen MR) is 74.8 cm³/mol. The monoisotopic (exact) mass is 294 g/mol. The van der Waals surface area contributed by atoms with E-state index in [1.165, 1.54) is 24.3 Å². The largest absolute Gasteiger partial charge is 0.508 e. The molecular formula is C14H18N2O5. The number of nitrogens with one attached hydrogen (secondary N) is 2. The number of phenols is 1. The molecule has 1 rings (SSSR count). The molecule has 0 aliphatic rings. The Hall–Kier alpha value is -2.57. The molecule has 21 heavy (non-hydrogen) atoms. The van der Waals surface area contributed by atoms with Gasteiger partial charge in [-0.3, -0.25) is 10.1 Å². The van der Waals surface area contributed by atoms with Crippen molar-refractivity contribution in [2.75, 3.05) is 6.61 Å². The van der Waals surface area contributed by atoms with Gasteiger partial charge in [-0.05, 0) is 39.0 Å². The summed E-state index contributed by atoms with van der Waals surface area (Å²) >= 11 is 0. The summed E-state index contributed by atoms with van der Waals surface area (Å²) < 4.78 is 4.73. The van der Waals surface area contributed by atoms with Crippen LogP contribution in [-0.2, 0) is 9.53 Å². The molecule has 114 valence electrons. The quantitative estimate of drug-likeness (QED) is 0.726. The van der Waals surface area contributed by atoms with Crippen LogP contribution in [0.25, 0.3) is 0 Å². The van der Waals surface area contributed by atoms with Gasteiger partial charge in [-0.2, -0.15) is 0 Å². The Balaban J connectivity index is 2.43. The Kier molecular flexibility index (Phi) is 5.29. The van der Waals surface area contributed by atoms with Crippen LogP contribution in [0.15, 0.2) is 24.3 Å². The molecule has 0 bridgehead atoms. The number of amides is 3. The van der Waals surface area contributed by atoms with Crippen LogP contribution in [0, 0.1) is 0 Å². The van der Waals surface area contributed by atoms with Crippen molar-refractivity contribution >= 4 is 17.9 Å². The first-order valence-corrected chi connectivity index (χ1v) is 6.25. The number of ether oxygens (including phenoxy) is 1. The topological polar surface area (TPSA) is 105 Å². The molecule has 0 radical (unpaired) electrons. The summed E-state index contributed by atoms with van der Waals surface area (Å²) in [5.74, 6) is -1.60. The number of carbonyl (C=O) groups is 3. The van der Waals surface area contributed by atoms with E-state index in [-0.39, 0.29) is 11.3 Å².